The van der Waals surface area contributed by atoms with Crippen LogP contribution in [-0.4, -0.2) is 73.6 Å². The molecule has 6 rings (SSSR count). The largest absolute Gasteiger partial charge is 0.344 e. The van der Waals surface area contributed by atoms with Gasteiger partial charge >= 0.3 is 0 Å². The van der Waals surface area contributed by atoms with Gasteiger partial charge in [0.1, 0.15) is 6.04 Å². The molecule has 1 N–H and O–H groups in total. The van der Waals surface area contributed by atoms with E-state index in [0.29, 0.717) is 43.5 Å². The smallest absolute Gasteiger partial charge is 0.257 e. The third-order valence-corrected chi connectivity index (χ3v) is 8.73. The van der Waals surface area contributed by atoms with Gasteiger partial charge in [-0.15, -0.1) is 0 Å². The first-order valence-corrected chi connectivity index (χ1v) is 13.8. The van der Waals surface area contributed by atoms with Crippen LogP contribution in [0.1, 0.15) is 60.9 Å². The van der Waals surface area contributed by atoms with Crippen molar-refractivity contribution in [2.24, 2.45) is 22.7 Å². The summed E-state index contributed by atoms with van der Waals surface area (Å²) < 4.78 is 6.99. The number of carbonyl (C=O) groups excluding carboxylic acids is 3. The molecule has 1 spiro atoms. The number of nitrogens with zero attached hydrogens (tertiary/aromatic N) is 6. The van der Waals surface area contributed by atoms with E-state index in [2.05, 4.69) is 34.4 Å². The van der Waals surface area contributed by atoms with Gasteiger partial charge in [0, 0.05) is 43.7 Å². The number of nitrogens with one attached hydrogen (secondary N) is 1. The van der Waals surface area contributed by atoms with E-state index >= 15 is 0 Å². The maximum atomic E-state index is 13.6. The van der Waals surface area contributed by atoms with Crippen molar-refractivity contribution in [3.63, 3.8) is 0 Å². The van der Waals surface area contributed by atoms with Crippen LogP contribution in [0.25, 0.3) is 0 Å². The van der Waals surface area contributed by atoms with Crippen molar-refractivity contribution in [3.05, 3.63) is 65.6 Å². The van der Waals surface area contributed by atoms with Gasteiger partial charge in [-0.3, -0.25) is 19.1 Å². The zero-order valence-electron chi connectivity index (χ0n) is 23.3. The van der Waals surface area contributed by atoms with Crippen molar-refractivity contribution in [3.8, 4) is 0 Å². The molecular formula is C29H35N7O4. The highest BCUT2D eigenvalue weighted by atomic mass is 16.5. The van der Waals surface area contributed by atoms with Crippen LogP contribution in [0.4, 0.5) is 0 Å². The van der Waals surface area contributed by atoms with Gasteiger partial charge in [-0.25, -0.2) is 0 Å². The molecule has 2 aliphatic heterocycles. The number of aromatic nitrogens is 4. The van der Waals surface area contributed by atoms with Gasteiger partial charge in [-0.05, 0) is 31.2 Å². The Labute approximate surface area is 232 Å². The van der Waals surface area contributed by atoms with Gasteiger partial charge in [-0.1, -0.05) is 49.3 Å². The predicted molar refractivity (Wildman–Crippen MR) is 144 cm³/mol. The summed E-state index contributed by atoms with van der Waals surface area (Å²) in [4.78, 5) is 48.1. The highest BCUT2D eigenvalue weighted by Gasteiger charge is 2.62. The molecule has 2 saturated heterocycles. The second kappa shape index (κ2) is 9.57. The van der Waals surface area contributed by atoms with Crippen molar-refractivity contribution in [1.82, 2.24) is 35.0 Å². The van der Waals surface area contributed by atoms with Crippen LogP contribution in [0.15, 0.2) is 47.2 Å². The van der Waals surface area contributed by atoms with E-state index in [4.69, 9.17) is 4.52 Å². The summed E-state index contributed by atoms with van der Waals surface area (Å²) in [6, 6.07) is 9.45. The monoisotopic (exact) mass is 545 g/mol. The third-order valence-electron chi connectivity index (χ3n) is 8.73. The second-order valence-corrected chi connectivity index (χ2v) is 12.4. The van der Waals surface area contributed by atoms with Crippen molar-refractivity contribution < 1.29 is 18.9 Å². The van der Waals surface area contributed by atoms with Gasteiger partial charge in [0.25, 0.3) is 5.91 Å². The molecular weight excluding hydrogens is 510 g/mol. The molecule has 1 saturated carbocycles. The number of benzene rings is 1. The Morgan fingerprint density at radius 2 is 1.80 bits per heavy atom. The SMILES string of the molecule is Cc1noc([C@H](C)NC(=O)[C@H]2CN(C(=O)c3cnn(Cc4ccccc4)c3)CC23CN(C(=O)[C@H]2CC2(C)C)C3)n1. The van der Waals surface area contributed by atoms with E-state index in [1.54, 1.807) is 35.8 Å². The molecule has 0 radical (unpaired) electrons. The molecule has 0 unspecified atom stereocenters. The lowest BCUT2D eigenvalue weighted by Gasteiger charge is -2.50. The maximum Gasteiger partial charge on any atom is 0.257 e. The quantitative estimate of drug-likeness (QED) is 0.483. The van der Waals surface area contributed by atoms with Gasteiger partial charge in [0.15, 0.2) is 5.82 Å². The van der Waals surface area contributed by atoms with E-state index in [-0.39, 0.29) is 35.6 Å². The zero-order valence-corrected chi connectivity index (χ0v) is 23.3. The summed E-state index contributed by atoms with van der Waals surface area (Å²) in [6.45, 7) is 9.88. The molecule has 3 aromatic rings. The zero-order chi connectivity index (χ0) is 28.2. The molecule has 1 aromatic carbocycles. The Morgan fingerprint density at radius 3 is 2.45 bits per heavy atom. The number of carbonyl (C=O) groups is 3. The molecule has 1 aliphatic carbocycles. The van der Waals surface area contributed by atoms with Crippen molar-refractivity contribution in [2.45, 2.75) is 46.7 Å². The van der Waals surface area contributed by atoms with Crippen molar-refractivity contribution >= 4 is 17.7 Å². The molecule has 3 fully saturated rings. The average Bonchev–Trinajstić information content (AvgIpc) is 3.36. The van der Waals surface area contributed by atoms with Crippen LogP contribution in [0.5, 0.6) is 0 Å². The molecule has 4 heterocycles. The Morgan fingerprint density at radius 1 is 1.10 bits per heavy atom. The number of likely N-dealkylation sites (tertiary alicyclic amines) is 2. The lowest BCUT2D eigenvalue weighted by atomic mass is 9.70. The van der Waals surface area contributed by atoms with Crippen LogP contribution < -0.4 is 5.32 Å². The molecule has 11 nitrogen and oxygen atoms in total. The molecule has 3 amide bonds. The van der Waals surface area contributed by atoms with E-state index in [1.807, 2.05) is 35.2 Å². The van der Waals surface area contributed by atoms with Gasteiger partial charge in [0.05, 0.1) is 24.2 Å². The Bertz CT molecular complexity index is 1440. The number of hydrogen-bond acceptors (Lipinski definition) is 7. The van der Waals surface area contributed by atoms with Crippen molar-refractivity contribution in [1.29, 1.82) is 0 Å². The number of rotatable bonds is 7. The first-order valence-electron chi connectivity index (χ1n) is 13.8. The summed E-state index contributed by atoms with van der Waals surface area (Å²) in [5.41, 5.74) is 1.10. The lowest BCUT2D eigenvalue weighted by molar-refractivity contribution is -0.151. The Hall–Kier alpha value is -4.02. The summed E-state index contributed by atoms with van der Waals surface area (Å²) in [7, 11) is 0. The molecule has 0 bridgehead atoms. The van der Waals surface area contributed by atoms with Crippen molar-refractivity contribution in [2.75, 3.05) is 26.2 Å². The first-order chi connectivity index (χ1) is 19.0. The Balaban J connectivity index is 1.18. The van der Waals surface area contributed by atoms with E-state index in [1.165, 1.54) is 0 Å². The highest BCUT2D eigenvalue weighted by molar-refractivity contribution is 5.95. The van der Waals surface area contributed by atoms with E-state index in [0.717, 1.165) is 12.0 Å². The van der Waals surface area contributed by atoms with Crippen LogP contribution in [0.3, 0.4) is 0 Å². The number of amides is 3. The summed E-state index contributed by atoms with van der Waals surface area (Å²) >= 11 is 0. The first kappa shape index (κ1) is 26.2. The van der Waals surface area contributed by atoms with E-state index < -0.39 is 17.4 Å². The average molecular weight is 546 g/mol. The summed E-state index contributed by atoms with van der Waals surface area (Å²) in [5, 5.41) is 11.2. The summed E-state index contributed by atoms with van der Waals surface area (Å²) in [6.07, 6.45) is 4.22. The van der Waals surface area contributed by atoms with Crippen LogP contribution in [-0.2, 0) is 16.1 Å². The van der Waals surface area contributed by atoms with Gasteiger partial charge in [0.2, 0.25) is 17.7 Å². The minimum Gasteiger partial charge on any atom is -0.344 e. The highest BCUT2D eigenvalue weighted by Crippen LogP contribution is 2.54. The van der Waals surface area contributed by atoms with Crippen LogP contribution >= 0.6 is 0 Å². The van der Waals surface area contributed by atoms with E-state index in [9.17, 15) is 14.4 Å². The predicted octanol–water partition coefficient (Wildman–Crippen LogP) is 2.45. The normalized spacial score (nSPS) is 23.1. The molecule has 3 atom stereocenters. The fourth-order valence-corrected chi connectivity index (χ4v) is 6.16. The fourth-order valence-electron chi connectivity index (χ4n) is 6.16. The molecule has 210 valence electrons. The molecule has 11 heteroatoms. The molecule has 2 aromatic heterocycles. The minimum absolute atomic E-state index is 0.0336. The lowest BCUT2D eigenvalue weighted by Crippen LogP contribution is -2.64. The topological polar surface area (TPSA) is 126 Å². The summed E-state index contributed by atoms with van der Waals surface area (Å²) in [5.74, 6) is 0.189. The maximum absolute atomic E-state index is 13.6. The minimum atomic E-state index is -0.501. The second-order valence-electron chi connectivity index (χ2n) is 12.4. The fraction of sp³-hybridized carbons (Fsp3) is 0.517. The Kier molecular flexibility index (Phi) is 6.27. The van der Waals surface area contributed by atoms with Crippen LogP contribution in [0, 0.1) is 29.6 Å². The molecule has 3 aliphatic rings. The standard InChI is InChI=1S/C29H35N7O4/c1-18(25-32-19(2)33-40-25)31-24(37)23-14-34(15-29(23)16-35(17-29)27(39)22-10-28(22,3)4)26(38)21-11-30-36(13-21)12-20-8-6-5-7-9-20/h5-9,11,13,18,22-23H,10,12,14-17H2,1-4H3,(H,31,37)/t18-,22+,23+/m0/s1. The molecule has 40 heavy (non-hydrogen) atoms. The number of hydrogen-bond donors (Lipinski definition) is 1. The number of aryl methyl sites for hydroxylation is 1. The van der Waals surface area contributed by atoms with Crippen LogP contribution in [0.2, 0.25) is 0 Å². The van der Waals surface area contributed by atoms with Gasteiger partial charge < -0.3 is 19.6 Å². The third kappa shape index (κ3) is 4.77. The van der Waals surface area contributed by atoms with Gasteiger partial charge in [-0.2, -0.15) is 10.1 Å².